The fourth-order valence-electron chi connectivity index (χ4n) is 2.53. The SMILES string of the molecule is Cc1ccc(C)c(S(=O)(=O)NCCC(=O)N(C)Cc2ccccc2F)c1. The normalized spacial score (nSPS) is 11.4. The topological polar surface area (TPSA) is 66.5 Å². The van der Waals surface area contributed by atoms with Gasteiger partial charge < -0.3 is 4.90 Å². The number of hydrogen-bond donors (Lipinski definition) is 1. The second kappa shape index (κ2) is 8.42. The van der Waals surface area contributed by atoms with Crippen LogP contribution in [0.15, 0.2) is 47.4 Å². The summed E-state index contributed by atoms with van der Waals surface area (Å²) in [6.07, 6.45) is -0.00491. The Bertz CT molecular complexity index is 897. The molecule has 0 atom stereocenters. The third kappa shape index (κ3) is 5.12. The maximum Gasteiger partial charge on any atom is 0.240 e. The first-order valence-electron chi connectivity index (χ1n) is 8.25. The maximum absolute atomic E-state index is 13.7. The molecule has 0 heterocycles. The van der Waals surface area contributed by atoms with E-state index in [1.807, 2.05) is 13.0 Å². The van der Waals surface area contributed by atoms with Crippen LogP contribution in [0.2, 0.25) is 0 Å². The first-order valence-corrected chi connectivity index (χ1v) is 9.73. The Labute approximate surface area is 153 Å². The van der Waals surface area contributed by atoms with Crippen molar-refractivity contribution in [3.63, 3.8) is 0 Å². The molecule has 2 rings (SSSR count). The molecular weight excluding hydrogens is 355 g/mol. The van der Waals surface area contributed by atoms with Crippen LogP contribution < -0.4 is 4.72 Å². The van der Waals surface area contributed by atoms with Crippen LogP contribution in [0.4, 0.5) is 4.39 Å². The summed E-state index contributed by atoms with van der Waals surface area (Å²) in [7, 11) is -2.12. The van der Waals surface area contributed by atoms with Crippen molar-refractivity contribution in [1.29, 1.82) is 0 Å². The van der Waals surface area contributed by atoms with Crippen molar-refractivity contribution >= 4 is 15.9 Å². The molecule has 0 saturated heterocycles. The van der Waals surface area contributed by atoms with Gasteiger partial charge in [-0.2, -0.15) is 0 Å². The van der Waals surface area contributed by atoms with Gasteiger partial charge in [-0.15, -0.1) is 0 Å². The quantitative estimate of drug-likeness (QED) is 0.806. The Morgan fingerprint density at radius 3 is 2.54 bits per heavy atom. The minimum Gasteiger partial charge on any atom is -0.341 e. The molecule has 0 unspecified atom stereocenters. The molecule has 0 aliphatic heterocycles. The number of rotatable bonds is 7. The standard InChI is InChI=1S/C19H23FN2O3S/c1-14-8-9-15(2)18(12-14)26(24,25)21-11-10-19(23)22(3)13-16-6-4-5-7-17(16)20/h4-9,12,21H,10-11,13H2,1-3H3. The molecule has 2 aromatic rings. The predicted molar refractivity (Wildman–Crippen MR) is 98.6 cm³/mol. The maximum atomic E-state index is 13.7. The van der Waals surface area contributed by atoms with E-state index in [9.17, 15) is 17.6 Å². The van der Waals surface area contributed by atoms with E-state index < -0.39 is 10.0 Å². The molecular formula is C19H23FN2O3S. The predicted octanol–water partition coefficient (Wildman–Crippen LogP) is 2.77. The summed E-state index contributed by atoms with van der Waals surface area (Å²) in [5, 5.41) is 0. The molecule has 1 amide bonds. The van der Waals surface area contributed by atoms with E-state index >= 15 is 0 Å². The molecule has 0 aliphatic rings. The van der Waals surface area contributed by atoms with Crippen LogP contribution in [0, 0.1) is 19.7 Å². The van der Waals surface area contributed by atoms with Gasteiger partial charge in [0, 0.05) is 32.1 Å². The molecule has 7 heteroatoms. The average Bonchev–Trinajstić information content (AvgIpc) is 2.58. The Kier molecular flexibility index (Phi) is 6.50. The number of aryl methyl sites for hydroxylation is 2. The Hall–Kier alpha value is -2.25. The molecule has 0 aromatic heterocycles. The number of amides is 1. The number of sulfonamides is 1. The summed E-state index contributed by atoms with van der Waals surface area (Å²) >= 11 is 0. The summed E-state index contributed by atoms with van der Waals surface area (Å²) in [5.41, 5.74) is 1.90. The Morgan fingerprint density at radius 1 is 1.15 bits per heavy atom. The van der Waals surface area contributed by atoms with Crippen molar-refractivity contribution < 1.29 is 17.6 Å². The van der Waals surface area contributed by atoms with E-state index in [4.69, 9.17) is 0 Å². The third-order valence-corrected chi connectivity index (χ3v) is 5.66. The highest BCUT2D eigenvalue weighted by Gasteiger charge is 2.18. The van der Waals surface area contributed by atoms with Crippen LogP contribution in [0.5, 0.6) is 0 Å². The number of carbonyl (C=O) groups is 1. The summed E-state index contributed by atoms with van der Waals surface area (Å²) in [4.78, 5) is 13.8. The summed E-state index contributed by atoms with van der Waals surface area (Å²) in [6, 6.07) is 11.4. The molecule has 2 aromatic carbocycles. The molecule has 0 saturated carbocycles. The number of nitrogens with one attached hydrogen (secondary N) is 1. The highest BCUT2D eigenvalue weighted by Crippen LogP contribution is 2.16. The van der Waals surface area contributed by atoms with Crippen molar-refractivity contribution in [3.8, 4) is 0 Å². The van der Waals surface area contributed by atoms with E-state index in [0.717, 1.165) is 5.56 Å². The minimum atomic E-state index is -3.68. The molecule has 140 valence electrons. The second-order valence-corrected chi connectivity index (χ2v) is 7.99. The molecule has 0 bridgehead atoms. The Morgan fingerprint density at radius 2 is 1.85 bits per heavy atom. The van der Waals surface area contributed by atoms with Crippen molar-refractivity contribution in [3.05, 3.63) is 65.0 Å². The van der Waals surface area contributed by atoms with Crippen molar-refractivity contribution in [2.45, 2.75) is 31.7 Å². The third-order valence-electron chi connectivity index (χ3n) is 4.06. The fraction of sp³-hybridized carbons (Fsp3) is 0.316. The van der Waals surface area contributed by atoms with Gasteiger partial charge in [-0.1, -0.05) is 30.3 Å². The van der Waals surface area contributed by atoms with E-state index in [1.54, 1.807) is 44.3 Å². The van der Waals surface area contributed by atoms with E-state index in [2.05, 4.69) is 4.72 Å². The minimum absolute atomic E-state index is 0.00491. The molecule has 0 radical (unpaired) electrons. The number of benzene rings is 2. The number of halogens is 1. The van der Waals surface area contributed by atoms with E-state index in [-0.39, 0.29) is 36.1 Å². The van der Waals surface area contributed by atoms with Crippen LogP contribution in [0.25, 0.3) is 0 Å². The number of hydrogen-bond acceptors (Lipinski definition) is 3. The zero-order chi connectivity index (χ0) is 19.3. The van der Waals surface area contributed by atoms with Crippen molar-refractivity contribution in [1.82, 2.24) is 9.62 Å². The summed E-state index contributed by atoms with van der Waals surface area (Å²) < 4.78 is 40.9. The highest BCUT2D eigenvalue weighted by atomic mass is 32.2. The van der Waals surface area contributed by atoms with Crippen molar-refractivity contribution in [2.75, 3.05) is 13.6 Å². The van der Waals surface area contributed by atoms with Gasteiger partial charge in [-0.05, 0) is 37.1 Å². The first-order chi connectivity index (χ1) is 12.2. The van der Waals surface area contributed by atoms with Gasteiger partial charge in [0.1, 0.15) is 5.82 Å². The van der Waals surface area contributed by atoms with Gasteiger partial charge >= 0.3 is 0 Å². The van der Waals surface area contributed by atoms with Crippen molar-refractivity contribution in [2.24, 2.45) is 0 Å². The van der Waals surface area contributed by atoms with Crippen LogP contribution >= 0.6 is 0 Å². The van der Waals surface area contributed by atoms with Gasteiger partial charge in [0.2, 0.25) is 15.9 Å². The monoisotopic (exact) mass is 378 g/mol. The lowest BCUT2D eigenvalue weighted by molar-refractivity contribution is -0.130. The van der Waals surface area contributed by atoms with Gasteiger partial charge in [-0.3, -0.25) is 4.79 Å². The molecule has 0 fully saturated rings. The molecule has 26 heavy (non-hydrogen) atoms. The van der Waals surface area contributed by atoms with Gasteiger partial charge in [0.15, 0.2) is 0 Å². The van der Waals surface area contributed by atoms with Crippen LogP contribution in [0.3, 0.4) is 0 Å². The summed E-state index contributed by atoms with van der Waals surface area (Å²) in [6.45, 7) is 3.66. The summed E-state index contributed by atoms with van der Waals surface area (Å²) in [5.74, 6) is -0.639. The average molecular weight is 378 g/mol. The molecule has 0 aliphatic carbocycles. The van der Waals surface area contributed by atoms with Crippen LogP contribution in [-0.2, 0) is 21.4 Å². The smallest absolute Gasteiger partial charge is 0.240 e. The van der Waals surface area contributed by atoms with Gasteiger partial charge in [-0.25, -0.2) is 17.5 Å². The fourth-order valence-corrected chi connectivity index (χ4v) is 3.89. The van der Waals surface area contributed by atoms with Gasteiger partial charge in [0.05, 0.1) is 4.90 Å². The largest absolute Gasteiger partial charge is 0.341 e. The van der Waals surface area contributed by atoms with Gasteiger partial charge in [0.25, 0.3) is 0 Å². The second-order valence-electron chi connectivity index (χ2n) is 6.26. The number of carbonyl (C=O) groups excluding carboxylic acids is 1. The van der Waals surface area contributed by atoms with Crippen LogP contribution in [0.1, 0.15) is 23.1 Å². The highest BCUT2D eigenvalue weighted by molar-refractivity contribution is 7.89. The molecule has 5 nitrogen and oxygen atoms in total. The first kappa shape index (κ1) is 20.1. The van der Waals surface area contributed by atoms with Crippen LogP contribution in [-0.4, -0.2) is 32.8 Å². The lowest BCUT2D eigenvalue weighted by Gasteiger charge is -2.18. The number of nitrogens with zero attached hydrogens (tertiary/aromatic N) is 1. The van der Waals surface area contributed by atoms with E-state index in [0.29, 0.717) is 11.1 Å². The Balaban J connectivity index is 1.93. The zero-order valence-corrected chi connectivity index (χ0v) is 15.9. The lowest BCUT2D eigenvalue weighted by Crippen LogP contribution is -2.32. The lowest BCUT2D eigenvalue weighted by atomic mass is 10.2. The van der Waals surface area contributed by atoms with E-state index in [1.165, 1.54) is 11.0 Å². The molecule has 1 N–H and O–H groups in total. The molecule has 0 spiro atoms. The zero-order valence-electron chi connectivity index (χ0n) is 15.1.